The van der Waals surface area contributed by atoms with Crippen LogP contribution in [0.3, 0.4) is 0 Å². The number of fused-ring (bicyclic) bond motifs is 1. The molecule has 28 heavy (non-hydrogen) atoms. The van der Waals surface area contributed by atoms with Gasteiger partial charge in [0.05, 0.1) is 16.8 Å². The first-order chi connectivity index (χ1) is 13.5. The van der Waals surface area contributed by atoms with E-state index in [9.17, 15) is 14.0 Å². The normalized spacial score (nSPS) is 19.1. The maximum atomic E-state index is 13.2. The number of nitrogens with one attached hydrogen (secondary N) is 2. The van der Waals surface area contributed by atoms with Gasteiger partial charge in [0.2, 0.25) is 0 Å². The zero-order chi connectivity index (χ0) is 19.7. The van der Waals surface area contributed by atoms with E-state index in [4.69, 9.17) is 0 Å². The van der Waals surface area contributed by atoms with Crippen LogP contribution < -0.4 is 16.2 Å². The molecule has 2 aromatic carbocycles. The summed E-state index contributed by atoms with van der Waals surface area (Å²) in [5.41, 5.74) is 1.62. The van der Waals surface area contributed by atoms with E-state index in [1.54, 1.807) is 30.3 Å². The Morgan fingerprint density at radius 3 is 2.61 bits per heavy atom. The number of benzene rings is 2. The van der Waals surface area contributed by atoms with Gasteiger partial charge >= 0.3 is 0 Å². The molecule has 1 saturated heterocycles. The summed E-state index contributed by atoms with van der Waals surface area (Å²) >= 11 is 0. The minimum absolute atomic E-state index is 0.0402. The Balaban J connectivity index is 1.53. The number of halogens is 1. The molecular formula is C21H21FN4O2. The zero-order valence-corrected chi connectivity index (χ0v) is 15.5. The lowest BCUT2D eigenvalue weighted by atomic mass is 10.1. The first-order valence-corrected chi connectivity index (χ1v) is 9.27. The second-order valence-corrected chi connectivity index (χ2v) is 7.04. The van der Waals surface area contributed by atoms with E-state index in [-0.39, 0.29) is 17.5 Å². The third-order valence-corrected chi connectivity index (χ3v) is 5.04. The van der Waals surface area contributed by atoms with Gasteiger partial charge < -0.3 is 10.6 Å². The monoisotopic (exact) mass is 380 g/mol. The largest absolute Gasteiger partial charge is 0.350 e. The van der Waals surface area contributed by atoms with Crippen LogP contribution in [0.5, 0.6) is 0 Å². The van der Waals surface area contributed by atoms with E-state index in [1.165, 1.54) is 4.68 Å². The molecule has 0 radical (unpaired) electrons. The minimum atomic E-state index is -0.850. The van der Waals surface area contributed by atoms with Gasteiger partial charge in [0.1, 0.15) is 6.17 Å². The smallest absolute Gasteiger partial charge is 0.279 e. The highest BCUT2D eigenvalue weighted by Crippen LogP contribution is 2.15. The van der Waals surface area contributed by atoms with Gasteiger partial charge in [-0.25, -0.2) is 4.39 Å². The van der Waals surface area contributed by atoms with Crippen molar-refractivity contribution in [2.75, 3.05) is 13.1 Å². The Bertz CT molecular complexity index is 1080. The number of rotatable bonds is 4. The molecule has 7 heteroatoms. The standard InChI is InChI=1S/C21H21FN4O2/c1-13-18-4-2-3-5-19(18)21(28)26(25-13)17-8-6-14(7-9-17)20(27)24-12-16-10-15(22)11-23-16/h2-9,15-16,23H,10-12H2,1H3,(H,24,27)/t15-,16-/m0/s1. The van der Waals surface area contributed by atoms with Crippen LogP contribution in [0, 0.1) is 6.92 Å². The van der Waals surface area contributed by atoms with Gasteiger partial charge in [0, 0.05) is 30.1 Å². The van der Waals surface area contributed by atoms with Crippen molar-refractivity contribution in [2.45, 2.75) is 25.6 Å². The van der Waals surface area contributed by atoms with Crippen LogP contribution >= 0.6 is 0 Å². The molecular weight excluding hydrogens is 359 g/mol. The number of alkyl halides is 1. The number of nitrogens with zero attached hydrogens (tertiary/aromatic N) is 2. The molecule has 3 aromatic rings. The van der Waals surface area contributed by atoms with Crippen molar-refractivity contribution in [3.05, 3.63) is 70.1 Å². The van der Waals surface area contributed by atoms with Gasteiger partial charge in [0.25, 0.3) is 11.5 Å². The molecule has 1 aromatic heterocycles. The van der Waals surface area contributed by atoms with Crippen molar-refractivity contribution in [2.24, 2.45) is 0 Å². The van der Waals surface area contributed by atoms with E-state index in [0.717, 1.165) is 11.1 Å². The summed E-state index contributed by atoms with van der Waals surface area (Å²) in [6, 6.07) is 14.0. The van der Waals surface area contributed by atoms with Crippen LogP contribution in [0.1, 0.15) is 22.5 Å². The molecule has 1 aliphatic heterocycles. The number of carbonyl (C=O) groups excluding carboxylic acids is 1. The highest BCUT2D eigenvalue weighted by molar-refractivity contribution is 5.94. The molecule has 1 fully saturated rings. The molecule has 0 bridgehead atoms. The number of hydrogen-bond donors (Lipinski definition) is 2. The van der Waals surface area contributed by atoms with Gasteiger partial charge in [-0.2, -0.15) is 9.78 Å². The summed E-state index contributed by atoms with van der Waals surface area (Å²) in [5.74, 6) is -0.231. The molecule has 2 N–H and O–H groups in total. The van der Waals surface area contributed by atoms with E-state index in [1.807, 2.05) is 25.1 Å². The Morgan fingerprint density at radius 1 is 1.21 bits per heavy atom. The fourth-order valence-electron chi connectivity index (χ4n) is 3.52. The van der Waals surface area contributed by atoms with Crippen LogP contribution in [0.15, 0.2) is 53.3 Å². The number of aromatic nitrogens is 2. The molecule has 0 saturated carbocycles. The predicted octanol–water partition coefficient (Wildman–Crippen LogP) is 2.12. The summed E-state index contributed by atoms with van der Waals surface area (Å²) in [5, 5.41) is 11.7. The Morgan fingerprint density at radius 2 is 1.93 bits per heavy atom. The highest BCUT2D eigenvalue weighted by atomic mass is 19.1. The molecule has 0 aliphatic carbocycles. The number of hydrogen-bond acceptors (Lipinski definition) is 4. The number of amides is 1. The second kappa shape index (κ2) is 7.52. The van der Waals surface area contributed by atoms with E-state index >= 15 is 0 Å². The van der Waals surface area contributed by atoms with Crippen molar-refractivity contribution >= 4 is 16.7 Å². The third-order valence-electron chi connectivity index (χ3n) is 5.04. The summed E-state index contributed by atoms with van der Waals surface area (Å²) in [7, 11) is 0. The maximum Gasteiger partial charge on any atom is 0.279 e. The van der Waals surface area contributed by atoms with Crippen LogP contribution in [0.4, 0.5) is 4.39 Å². The lowest BCUT2D eigenvalue weighted by molar-refractivity contribution is 0.0950. The van der Waals surface area contributed by atoms with E-state index in [2.05, 4.69) is 15.7 Å². The fraction of sp³-hybridized carbons (Fsp3) is 0.286. The molecule has 6 nitrogen and oxygen atoms in total. The molecule has 0 unspecified atom stereocenters. The van der Waals surface area contributed by atoms with Crippen molar-refractivity contribution in [3.63, 3.8) is 0 Å². The van der Waals surface area contributed by atoms with Crippen molar-refractivity contribution in [1.82, 2.24) is 20.4 Å². The Labute approximate surface area is 161 Å². The van der Waals surface area contributed by atoms with Gasteiger partial charge in [-0.1, -0.05) is 18.2 Å². The minimum Gasteiger partial charge on any atom is -0.350 e. The lowest BCUT2D eigenvalue weighted by Gasteiger charge is -2.12. The van der Waals surface area contributed by atoms with E-state index < -0.39 is 6.17 Å². The molecule has 1 aliphatic rings. The molecule has 2 heterocycles. The first kappa shape index (κ1) is 18.3. The summed E-state index contributed by atoms with van der Waals surface area (Å²) in [6.07, 6.45) is -0.438. The van der Waals surface area contributed by atoms with Crippen LogP contribution in [0.25, 0.3) is 16.5 Å². The maximum absolute atomic E-state index is 13.2. The van der Waals surface area contributed by atoms with Gasteiger partial charge in [-0.05, 0) is 43.7 Å². The van der Waals surface area contributed by atoms with Crippen LogP contribution in [-0.4, -0.2) is 41.0 Å². The van der Waals surface area contributed by atoms with Gasteiger partial charge in [-0.15, -0.1) is 0 Å². The third kappa shape index (κ3) is 3.53. The summed E-state index contributed by atoms with van der Waals surface area (Å²) in [4.78, 5) is 25.1. The summed E-state index contributed by atoms with van der Waals surface area (Å²) < 4.78 is 14.5. The molecule has 2 atom stereocenters. The molecule has 144 valence electrons. The van der Waals surface area contributed by atoms with Crippen molar-refractivity contribution in [1.29, 1.82) is 0 Å². The van der Waals surface area contributed by atoms with Crippen LogP contribution in [0.2, 0.25) is 0 Å². The quantitative estimate of drug-likeness (QED) is 0.727. The average Bonchev–Trinajstić information content (AvgIpc) is 3.14. The Hall–Kier alpha value is -3.06. The number of aryl methyl sites for hydroxylation is 1. The SMILES string of the molecule is Cc1nn(-c2ccc(C(=O)NC[C@@H]3C[C@H](F)CN3)cc2)c(=O)c2ccccc12. The fourth-order valence-corrected chi connectivity index (χ4v) is 3.52. The Kier molecular flexibility index (Phi) is 4.92. The topological polar surface area (TPSA) is 76.0 Å². The van der Waals surface area contributed by atoms with Crippen molar-refractivity contribution < 1.29 is 9.18 Å². The lowest BCUT2D eigenvalue weighted by Crippen LogP contribution is -2.37. The average molecular weight is 380 g/mol. The van der Waals surface area contributed by atoms with E-state index in [0.29, 0.717) is 36.1 Å². The molecule has 1 amide bonds. The van der Waals surface area contributed by atoms with Gasteiger partial charge in [-0.3, -0.25) is 9.59 Å². The highest BCUT2D eigenvalue weighted by Gasteiger charge is 2.23. The predicted molar refractivity (Wildman–Crippen MR) is 106 cm³/mol. The second-order valence-electron chi connectivity index (χ2n) is 7.04. The van der Waals surface area contributed by atoms with Gasteiger partial charge in [0.15, 0.2) is 0 Å². The van der Waals surface area contributed by atoms with Crippen molar-refractivity contribution in [3.8, 4) is 5.69 Å². The van der Waals surface area contributed by atoms with Crippen LogP contribution in [-0.2, 0) is 0 Å². The zero-order valence-electron chi connectivity index (χ0n) is 15.5. The number of carbonyl (C=O) groups is 1. The molecule has 4 rings (SSSR count). The molecule has 0 spiro atoms. The first-order valence-electron chi connectivity index (χ1n) is 9.27. The summed E-state index contributed by atoms with van der Waals surface area (Å²) in [6.45, 7) is 2.58.